The molecule has 2 amide bonds. The summed E-state index contributed by atoms with van der Waals surface area (Å²) in [7, 11) is 0. The topological polar surface area (TPSA) is 58.2 Å². The highest BCUT2D eigenvalue weighted by atomic mass is 35.5. The minimum atomic E-state index is -4.65. The molecule has 138 valence electrons. The number of hydrogen-bond donors (Lipinski definition) is 2. The minimum Gasteiger partial charge on any atom is -0.352 e. The largest absolute Gasteiger partial charge is 0.417 e. The van der Waals surface area contributed by atoms with Gasteiger partial charge in [-0.05, 0) is 36.8 Å². The van der Waals surface area contributed by atoms with E-state index in [-0.39, 0.29) is 22.2 Å². The van der Waals surface area contributed by atoms with Gasteiger partial charge in [0.15, 0.2) is 0 Å². The molecule has 0 spiro atoms. The van der Waals surface area contributed by atoms with E-state index in [2.05, 4.69) is 10.6 Å². The first-order chi connectivity index (χ1) is 12.2. The predicted octanol–water partition coefficient (Wildman–Crippen LogP) is 4.75. The molecule has 0 aromatic heterocycles. The molecule has 0 atom stereocenters. The Morgan fingerprint density at radius 2 is 1.73 bits per heavy atom. The number of halogens is 4. The van der Waals surface area contributed by atoms with Crippen LogP contribution in [0.1, 0.15) is 39.6 Å². The molecule has 2 aromatic carbocycles. The van der Waals surface area contributed by atoms with E-state index in [1.807, 2.05) is 6.92 Å². The zero-order valence-electron chi connectivity index (χ0n) is 13.8. The molecule has 4 nitrogen and oxygen atoms in total. The lowest BCUT2D eigenvalue weighted by Crippen LogP contribution is -2.24. The number of rotatable bonds is 5. The molecule has 0 heterocycles. The van der Waals surface area contributed by atoms with Crippen molar-refractivity contribution in [1.29, 1.82) is 0 Å². The van der Waals surface area contributed by atoms with Gasteiger partial charge in [0.2, 0.25) is 0 Å². The van der Waals surface area contributed by atoms with Gasteiger partial charge >= 0.3 is 6.18 Å². The first kappa shape index (κ1) is 19.8. The van der Waals surface area contributed by atoms with Crippen LogP contribution in [-0.4, -0.2) is 18.4 Å². The van der Waals surface area contributed by atoms with Crippen LogP contribution in [0.3, 0.4) is 0 Å². The summed E-state index contributed by atoms with van der Waals surface area (Å²) in [5.41, 5.74) is -1.13. The van der Waals surface area contributed by atoms with Crippen molar-refractivity contribution in [2.75, 3.05) is 11.9 Å². The van der Waals surface area contributed by atoms with Crippen molar-refractivity contribution in [2.24, 2.45) is 0 Å². The summed E-state index contributed by atoms with van der Waals surface area (Å²) in [6.07, 6.45) is -3.89. The van der Waals surface area contributed by atoms with E-state index in [0.717, 1.165) is 18.6 Å². The fraction of sp³-hybridized carbons (Fsp3) is 0.222. The van der Waals surface area contributed by atoms with Crippen LogP contribution in [0.5, 0.6) is 0 Å². The normalized spacial score (nSPS) is 11.1. The Morgan fingerprint density at radius 3 is 2.35 bits per heavy atom. The maximum Gasteiger partial charge on any atom is 0.417 e. The predicted molar refractivity (Wildman–Crippen MR) is 93.5 cm³/mol. The van der Waals surface area contributed by atoms with Crippen molar-refractivity contribution < 1.29 is 22.8 Å². The van der Waals surface area contributed by atoms with Crippen molar-refractivity contribution in [3.05, 3.63) is 64.2 Å². The number of amides is 2. The number of carbonyl (C=O) groups is 2. The molecule has 0 saturated carbocycles. The zero-order valence-corrected chi connectivity index (χ0v) is 14.5. The fourth-order valence-electron chi connectivity index (χ4n) is 2.24. The number of benzene rings is 2. The van der Waals surface area contributed by atoms with E-state index in [9.17, 15) is 22.8 Å². The second-order valence-corrected chi connectivity index (χ2v) is 5.86. The number of nitrogens with one attached hydrogen (secondary N) is 2. The minimum absolute atomic E-state index is 0.0838. The van der Waals surface area contributed by atoms with E-state index in [1.165, 1.54) is 30.3 Å². The monoisotopic (exact) mass is 384 g/mol. The van der Waals surface area contributed by atoms with E-state index in [4.69, 9.17) is 11.6 Å². The number of alkyl halides is 3. The average Bonchev–Trinajstić information content (AvgIpc) is 2.59. The van der Waals surface area contributed by atoms with Crippen LogP contribution in [0, 0.1) is 0 Å². The Balaban J connectivity index is 2.21. The van der Waals surface area contributed by atoms with Gasteiger partial charge in [-0.1, -0.05) is 30.7 Å². The zero-order chi connectivity index (χ0) is 19.3. The van der Waals surface area contributed by atoms with Crippen LogP contribution in [-0.2, 0) is 6.18 Å². The lowest BCUT2D eigenvalue weighted by Gasteiger charge is -2.13. The molecule has 0 aliphatic carbocycles. The summed E-state index contributed by atoms with van der Waals surface area (Å²) in [6, 6.07) is 8.60. The molecule has 0 aliphatic heterocycles. The molecule has 2 N–H and O–H groups in total. The molecule has 0 radical (unpaired) electrons. The molecule has 0 bridgehead atoms. The second-order valence-electron chi connectivity index (χ2n) is 5.45. The second kappa shape index (κ2) is 8.23. The lowest BCUT2D eigenvalue weighted by atomic mass is 10.1. The fourth-order valence-corrected chi connectivity index (χ4v) is 2.50. The highest BCUT2D eigenvalue weighted by Crippen LogP contribution is 2.32. The summed E-state index contributed by atoms with van der Waals surface area (Å²) in [6.45, 7) is 2.39. The van der Waals surface area contributed by atoms with Gasteiger partial charge in [-0.3, -0.25) is 9.59 Å². The van der Waals surface area contributed by atoms with Crippen molar-refractivity contribution >= 4 is 29.1 Å². The van der Waals surface area contributed by atoms with Gasteiger partial charge in [0.25, 0.3) is 11.8 Å². The third-order valence-corrected chi connectivity index (χ3v) is 3.80. The van der Waals surface area contributed by atoms with E-state index in [1.54, 1.807) is 0 Å². The summed E-state index contributed by atoms with van der Waals surface area (Å²) in [5.74, 6) is -1.28. The average molecular weight is 385 g/mol. The maximum atomic E-state index is 13.0. The van der Waals surface area contributed by atoms with Gasteiger partial charge in [-0.2, -0.15) is 13.2 Å². The number of hydrogen-bond acceptors (Lipinski definition) is 2. The first-order valence-corrected chi connectivity index (χ1v) is 8.17. The van der Waals surface area contributed by atoms with Gasteiger partial charge in [-0.15, -0.1) is 0 Å². The molecule has 2 aromatic rings. The Labute approximate surface area is 153 Å². The Hall–Kier alpha value is -2.54. The molecule has 8 heteroatoms. The summed E-state index contributed by atoms with van der Waals surface area (Å²) in [4.78, 5) is 24.1. The third kappa shape index (κ3) is 4.76. The molecular formula is C18H16ClF3N2O2. The van der Waals surface area contributed by atoms with Crippen LogP contribution in [0.2, 0.25) is 5.02 Å². The van der Waals surface area contributed by atoms with Crippen LogP contribution in [0.25, 0.3) is 0 Å². The van der Waals surface area contributed by atoms with Crippen molar-refractivity contribution in [3.8, 4) is 0 Å². The summed E-state index contributed by atoms with van der Waals surface area (Å²) >= 11 is 6.04. The SMILES string of the molecule is CCCNC(=O)c1ccc(NC(=O)c2ccccc2C(F)(F)F)cc1Cl. The third-order valence-electron chi connectivity index (χ3n) is 3.48. The van der Waals surface area contributed by atoms with Gasteiger partial charge in [0.05, 0.1) is 21.7 Å². The molecule has 26 heavy (non-hydrogen) atoms. The molecule has 0 aliphatic rings. The molecule has 0 saturated heterocycles. The quantitative estimate of drug-likeness (QED) is 0.781. The van der Waals surface area contributed by atoms with E-state index < -0.39 is 23.2 Å². The first-order valence-electron chi connectivity index (χ1n) is 7.79. The van der Waals surface area contributed by atoms with Gasteiger partial charge < -0.3 is 10.6 Å². The standard InChI is InChI=1S/C18H16ClF3N2O2/c1-2-9-23-16(25)13-8-7-11(10-15(13)19)24-17(26)12-5-3-4-6-14(12)18(20,21)22/h3-8,10H,2,9H2,1H3,(H,23,25)(H,24,26). The Morgan fingerprint density at radius 1 is 1.04 bits per heavy atom. The Kier molecular flexibility index (Phi) is 6.26. The molecule has 2 rings (SSSR count). The van der Waals surface area contributed by atoms with E-state index in [0.29, 0.717) is 6.54 Å². The summed E-state index contributed by atoms with van der Waals surface area (Å²) < 4.78 is 39.0. The van der Waals surface area contributed by atoms with Crippen molar-refractivity contribution in [2.45, 2.75) is 19.5 Å². The van der Waals surface area contributed by atoms with Gasteiger partial charge in [-0.25, -0.2) is 0 Å². The molecular weight excluding hydrogens is 369 g/mol. The van der Waals surface area contributed by atoms with Gasteiger partial charge in [0.1, 0.15) is 0 Å². The van der Waals surface area contributed by atoms with Crippen LogP contribution in [0.4, 0.5) is 18.9 Å². The molecule has 0 fully saturated rings. The summed E-state index contributed by atoms with van der Waals surface area (Å²) in [5, 5.41) is 5.11. The highest BCUT2D eigenvalue weighted by molar-refractivity contribution is 6.34. The van der Waals surface area contributed by atoms with Crippen LogP contribution < -0.4 is 10.6 Å². The maximum absolute atomic E-state index is 13.0. The van der Waals surface area contributed by atoms with Crippen molar-refractivity contribution in [3.63, 3.8) is 0 Å². The number of carbonyl (C=O) groups excluding carboxylic acids is 2. The van der Waals surface area contributed by atoms with Crippen molar-refractivity contribution in [1.82, 2.24) is 5.32 Å². The number of anilines is 1. The lowest BCUT2D eigenvalue weighted by molar-refractivity contribution is -0.137. The smallest absolute Gasteiger partial charge is 0.352 e. The van der Waals surface area contributed by atoms with Crippen LogP contribution >= 0.6 is 11.6 Å². The molecule has 0 unspecified atom stereocenters. The van der Waals surface area contributed by atoms with Gasteiger partial charge in [0, 0.05) is 12.2 Å². The highest BCUT2D eigenvalue weighted by Gasteiger charge is 2.34. The van der Waals surface area contributed by atoms with E-state index >= 15 is 0 Å². The Bertz CT molecular complexity index is 822. The van der Waals surface area contributed by atoms with Crippen LogP contribution in [0.15, 0.2) is 42.5 Å².